The molecule has 1 amide bonds. The van der Waals surface area contributed by atoms with Gasteiger partial charge in [-0.3, -0.25) is 4.79 Å². The quantitative estimate of drug-likeness (QED) is 0.765. The smallest absolute Gasteiger partial charge is 0.356 e. The van der Waals surface area contributed by atoms with Gasteiger partial charge in [0.15, 0.2) is 0 Å². The Morgan fingerprint density at radius 1 is 1.27 bits per heavy atom. The van der Waals surface area contributed by atoms with Gasteiger partial charge in [0, 0.05) is 12.5 Å². The molecule has 15 heavy (non-hydrogen) atoms. The fraction of sp³-hybridized carbons (Fsp3) is 0.900. The van der Waals surface area contributed by atoms with Gasteiger partial charge in [0.25, 0.3) is 0 Å². The molecule has 2 nitrogen and oxygen atoms in total. The highest BCUT2D eigenvalue weighted by atomic mass is 19.4. The first-order valence-electron chi connectivity index (χ1n) is 5.29. The molecule has 1 rings (SSSR count). The molecule has 1 fully saturated rings. The fourth-order valence-electron chi connectivity index (χ4n) is 2.00. The molecule has 0 aromatic rings. The normalized spacial score (nSPS) is 27.5. The second kappa shape index (κ2) is 4.86. The molecule has 0 radical (unpaired) electrons. The van der Waals surface area contributed by atoms with Gasteiger partial charge < -0.3 is 5.32 Å². The van der Waals surface area contributed by atoms with Gasteiger partial charge in [0.05, 0.1) is 5.92 Å². The van der Waals surface area contributed by atoms with Gasteiger partial charge in [-0.25, -0.2) is 0 Å². The van der Waals surface area contributed by atoms with Crippen molar-refractivity contribution in [2.45, 2.75) is 38.8 Å². The van der Waals surface area contributed by atoms with E-state index in [1.54, 1.807) is 6.92 Å². The lowest BCUT2D eigenvalue weighted by Gasteiger charge is -2.28. The fourth-order valence-corrected chi connectivity index (χ4v) is 2.00. The monoisotopic (exact) mass is 223 g/mol. The lowest BCUT2D eigenvalue weighted by molar-refractivity contribution is -0.184. The number of hydrogen-bond donors (Lipinski definition) is 1. The maximum Gasteiger partial charge on any atom is 0.391 e. The van der Waals surface area contributed by atoms with Gasteiger partial charge in [-0.15, -0.1) is 0 Å². The minimum Gasteiger partial charge on any atom is -0.356 e. The molecule has 1 N–H and O–H groups in total. The van der Waals surface area contributed by atoms with Crippen molar-refractivity contribution in [2.24, 2.45) is 11.8 Å². The van der Waals surface area contributed by atoms with Crippen LogP contribution in [0.2, 0.25) is 0 Å². The Bertz CT molecular complexity index is 219. The van der Waals surface area contributed by atoms with E-state index in [-0.39, 0.29) is 24.7 Å². The van der Waals surface area contributed by atoms with E-state index in [2.05, 4.69) is 5.32 Å². The Hall–Kier alpha value is -0.740. The SMILES string of the molecule is CCNC(=O)C1CCC(C(F)(F)F)CC1. The minimum atomic E-state index is -4.09. The number of halogens is 3. The predicted octanol–water partition coefficient (Wildman–Crippen LogP) is 2.49. The molecule has 0 aromatic carbocycles. The summed E-state index contributed by atoms with van der Waals surface area (Å²) in [6.07, 6.45) is -3.20. The third-order valence-electron chi connectivity index (χ3n) is 2.91. The molecule has 0 bridgehead atoms. The van der Waals surface area contributed by atoms with Crippen LogP contribution in [0.3, 0.4) is 0 Å². The topological polar surface area (TPSA) is 29.1 Å². The van der Waals surface area contributed by atoms with Crippen molar-refractivity contribution >= 4 is 5.91 Å². The Balaban J connectivity index is 2.39. The van der Waals surface area contributed by atoms with E-state index in [0.717, 1.165) is 0 Å². The molecule has 1 aliphatic rings. The average molecular weight is 223 g/mol. The lowest BCUT2D eigenvalue weighted by Crippen LogP contribution is -2.35. The van der Waals surface area contributed by atoms with Crippen molar-refractivity contribution in [1.29, 1.82) is 0 Å². The number of nitrogens with one attached hydrogen (secondary N) is 1. The zero-order valence-corrected chi connectivity index (χ0v) is 8.73. The second-order valence-electron chi connectivity index (χ2n) is 3.98. The largest absolute Gasteiger partial charge is 0.391 e. The number of hydrogen-bond acceptors (Lipinski definition) is 1. The third-order valence-corrected chi connectivity index (χ3v) is 2.91. The summed E-state index contributed by atoms with van der Waals surface area (Å²) in [7, 11) is 0. The minimum absolute atomic E-state index is 0.0886. The molecule has 0 aliphatic heterocycles. The third kappa shape index (κ3) is 3.39. The van der Waals surface area contributed by atoms with Gasteiger partial charge in [-0.2, -0.15) is 13.2 Å². The summed E-state index contributed by atoms with van der Waals surface area (Å²) in [5.41, 5.74) is 0. The van der Waals surface area contributed by atoms with E-state index in [0.29, 0.717) is 19.4 Å². The van der Waals surface area contributed by atoms with E-state index in [1.807, 2.05) is 0 Å². The Labute approximate surface area is 87.2 Å². The maximum atomic E-state index is 12.3. The highest BCUT2D eigenvalue weighted by Gasteiger charge is 2.42. The molecule has 1 saturated carbocycles. The van der Waals surface area contributed by atoms with Crippen molar-refractivity contribution in [2.75, 3.05) is 6.54 Å². The van der Waals surface area contributed by atoms with Crippen LogP contribution in [0.25, 0.3) is 0 Å². The molecular formula is C10H16F3NO. The van der Waals surface area contributed by atoms with Crippen LogP contribution in [0.1, 0.15) is 32.6 Å². The molecule has 5 heteroatoms. The second-order valence-corrected chi connectivity index (χ2v) is 3.98. The number of carbonyl (C=O) groups excluding carboxylic acids is 1. The molecule has 0 heterocycles. The van der Waals surface area contributed by atoms with Crippen molar-refractivity contribution in [3.63, 3.8) is 0 Å². The Kier molecular flexibility index (Phi) is 3.99. The molecule has 0 atom stereocenters. The molecule has 88 valence electrons. The summed E-state index contributed by atoms with van der Waals surface area (Å²) in [6, 6.07) is 0. The first-order chi connectivity index (χ1) is 6.95. The molecule has 0 unspecified atom stereocenters. The summed E-state index contributed by atoms with van der Waals surface area (Å²) >= 11 is 0. The molecule has 1 aliphatic carbocycles. The number of carbonyl (C=O) groups is 1. The Morgan fingerprint density at radius 3 is 2.20 bits per heavy atom. The predicted molar refractivity (Wildman–Crippen MR) is 50.2 cm³/mol. The van der Waals surface area contributed by atoms with Gasteiger partial charge in [0.2, 0.25) is 5.91 Å². The summed E-state index contributed by atoms with van der Waals surface area (Å²) in [5.74, 6) is -1.52. The molecule has 0 aromatic heterocycles. The van der Waals surface area contributed by atoms with Gasteiger partial charge in [-0.1, -0.05) is 0 Å². The van der Waals surface area contributed by atoms with Crippen molar-refractivity contribution in [3.05, 3.63) is 0 Å². The standard InChI is InChI=1S/C10H16F3NO/c1-2-14-9(15)7-3-5-8(6-4-7)10(11,12)13/h7-8H,2-6H2,1H3,(H,14,15). The van der Waals surface area contributed by atoms with Gasteiger partial charge >= 0.3 is 6.18 Å². The van der Waals surface area contributed by atoms with Crippen LogP contribution in [0.5, 0.6) is 0 Å². The summed E-state index contributed by atoms with van der Waals surface area (Å²) in [6.45, 7) is 2.34. The van der Waals surface area contributed by atoms with Crippen LogP contribution in [0.15, 0.2) is 0 Å². The van der Waals surface area contributed by atoms with Crippen LogP contribution in [-0.2, 0) is 4.79 Å². The number of rotatable bonds is 2. The summed E-state index contributed by atoms with van der Waals surface area (Å²) in [5, 5.41) is 2.65. The number of amides is 1. The zero-order chi connectivity index (χ0) is 11.5. The summed E-state index contributed by atoms with van der Waals surface area (Å²) in [4.78, 5) is 11.4. The van der Waals surface area contributed by atoms with E-state index in [9.17, 15) is 18.0 Å². The van der Waals surface area contributed by atoms with Crippen LogP contribution in [-0.4, -0.2) is 18.6 Å². The zero-order valence-electron chi connectivity index (χ0n) is 8.73. The van der Waals surface area contributed by atoms with E-state index >= 15 is 0 Å². The van der Waals surface area contributed by atoms with E-state index in [4.69, 9.17) is 0 Å². The van der Waals surface area contributed by atoms with Gasteiger partial charge in [-0.05, 0) is 32.6 Å². The summed E-state index contributed by atoms with van der Waals surface area (Å²) < 4.78 is 37.0. The van der Waals surface area contributed by atoms with Crippen LogP contribution in [0, 0.1) is 11.8 Å². The van der Waals surface area contributed by atoms with Crippen LogP contribution < -0.4 is 5.32 Å². The first kappa shape index (κ1) is 12.3. The first-order valence-corrected chi connectivity index (χ1v) is 5.29. The van der Waals surface area contributed by atoms with Crippen LogP contribution in [0.4, 0.5) is 13.2 Å². The van der Waals surface area contributed by atoms with E-state index < -0.39 is 12.1 Å². The number of alkyl halides is 3. The van der Waals surface area contributed by atoms with Crippen molar-refractivity contribution < 1.29 is 18.0 Å². The lowest BCUT2D eigenvalue weighted by atomic mass is 9.81. The Morgan fingerprint density at radius 2 is 1.80 bits per heavy atom. The highest BCUT2D eigenvalue weighted by molar-refractivity contribution is 5.78. The average Bonchev–Trinajstić information content (AvgIpc) is 2.17. The van der Waals surface area contributed by atoms with Crippen molar-refractivity contribution in [3.8, 4) is 0 Å². The molecule has 0 saturated heterocycles. The van der Waals surface area contributed by atoms with E-state index in [1.165, 1.54) is 0 Å². The highest BCUT2D eigenvalue weighted by Crippen LogP contribution is 2.39. The maximum absolute atomic E-state index is 12.3. The van der Waals surface area contributed by atoms with Crippen molar-refractivity contribution in [1.82, 2.24) is 5.32 Å². The molecule has 0 spiro atoms. The molecular weight excluding hydrogens is 207 g/mol. The van der Waals surface area contributed by atoms with Gasteiger partial charge in [0.1, 0.15) is 0 Å². The van der Waals surface area contributed by atoms with Crippen LogP contribution >= 0.6 is 0 Å².